The highest BCUT2D eigenvalue weighted by Crippen LogP contribution is 2.30. The van der Waals surface area contributed by atoms with Crippen molar-refractivity contribution < 1.29 is 9.53 Å². The lowest BCUT2D eigenvalue weighted by atomic mass is 9.94. The number of ether oxygens (including phenoxy) is 1. The van der Waals surface area contributed by atoms with E-state index in [0.29, 0.717) is 16.8 Å². The van der Waals surface area contributed by atoms with Gasteiger partial charge in [-0.1, -0.05) is 25.4 Å². The Balaban J connectivity index is 2.09. The second kappa shape index (κ2) is 6.00. The Labute approximate surface area is 128 Å². The summed E-state index contributed by atoms with van der Waals surface area (Å²) < 4.78 is 6.09. The van der Waals surface area contributed by atoms with Crippen LogP contribution in [0.2, 0.25) is 4.47 Å². The molecule has 1 amide bonds. The van der Waals surface area contributed by atoms with Crippen LogP contribution < -0.4 is 5.32 Å². The monoisotopic (exact) mass is 316 g/mol. The van der Waals surface area contributed by atoms with Gasteiger partial charge in [0.1, 0.15) is 5.69 Å². The van der Waals surface area contributed by atoms with E-state index in [2.05, 4.69) is 10.3 Å². The normalized spacial score (nSPS) is 22.0. The van der Waals surface area contributed by atoms with Crippen LogP contribution in [-0.4, -0.2) is 29.1 Å². The smallest absolute Gasteiger partial charge is 0.271 e. The van der Waals surface area contributed by atoms with E-state index in [1.54, 1.807) is 0 Å². The molecule has 0 spiro atoms. The summed E-state index contributed by atoms with van der Waals surface area (Å²) >= 11 is 7.33. The maximum Gasteiger partial charge on any atom is 0.271 e. The van der Waals surface area contributed by atoms with E-state index in [0.717, 1.165) is 17.7 Å². The second-order valence-corrected chi connectivity index (χ2v) is 7.72. The van der Waals surface area contributed by atoms with Crippen molar-refractivity contribution in [3.63, 3.8) is 0 Å². The first-order valence-corrected chi connectivity index (χ1v) is 8.09. The Morgan fingerprint density at radius 3 is 2.85 bits per heavy atom. The molecule has 6 heteroatoms. The number of carbonyl (C=O) groups is 1. The third-order valence-corrected chi connectivity index (χ3v) is 4.86. The van der Waals surface area contributed by atoms with Crippen LogP contribution in [0.3, 0.4) is 0 Å². The standard InChI is InChI=1S/C14H21ClN2O2S/c1-8(2)11-10(17-13(15)20-11)12(18)16-9-5-6-19-14(3,4)7-9/h8-9H,5-7H2,1-4H3,(H,16,18)/t9-/m0/s1. The Morgan fingerprint density at radius 2 is 2.25 bits per heavy atom. The Morgan fingerprint density at radius 1 is 1.55 bits per heavy atom. The van der Waals surface area contributed by atoms with Crippen LogP contribution >= 0.6 is 22.9 Å². The zero-order valence-electron chi connectivity index (χ0n) is 12.3. The lowest BCUT2D eigenvalue weighted by Crippen LogP contribution is -2.46. The second-order valence-electron chi connectivity index (χ2n) is 6.11. The minimum atomic E-state index is -0.184. The summed E-state index contributed by atoms with van der Waals surface area (Å²) in [6.07, 6.45) is 1.65. The number of carbonyl (C=O) groups excluding carboxylic acids is 1. The first-order valence-electron chi connectivity index (χ1n) is 6.89. The van der Waals surface area contributed by atoms with Crippen LogP contribution in [0, 0.1) is 0 Å². The highest BCUT2D eigenvalue weighted by atomic mass is 35.5. The number of thiazole rings is 1. The molecule has 0 unspecified atom stereocenters. The molecule has 0 aromatic carbocycles. The van der Waals surface area contributed by atoms with Gasteiger partial charge in [0.25, 0.3) is 5.91 Å². The summed E-state index contributed by atoms with van der Waals surface area (Å²) in [5, 5.41) is 3.07. The van der Waals surface area contributed by atoms with Crippen molar-refractivity contribution in [2.75, 3.05) is 6.61 Å². The highest BCUT2D eigenvalue weighted by molar-refractivity contribution is 7.16. The molecule has 1 aliphatic rings. The fourth-order valence-corrected chi connectivity index (χ4v) is 3.59. The van der Waals surface area contributed by atoms with Crippen molar-refractivity contribution in [2.45, 2.75) is 58.1 Å². The number of hydrogen-bond donors (Lipinski definition) is 1. The van der Waals surface area contributed by atoms with Crippen molar-refractivity contribution in [3.8, 4) is 0 Å². The van der Waals surface area contributed by atoms with Gasteiger partial charge in [0.2, 0.25) is 0 Å². The maximum absolute atomic E-state index is 12.4. The molecule has 1 N–H and O–H groups in total. The lowest BCUT2D eigenvalue weighted by molar-refractivity contribution is -0.0615. The van der Waals surface area contributed by atoms with Crippen LogP contribution in [0.25, 0.3) is 0 Å². The Hall–Kier alpha value is -0.650. The summed E-state index contributed by atoms with van der Waals surface area (Å²) in [4.78, 5) is 17.5. The molecule has 0 bridgehead atoms. The zero-order chi connectivity index (χ0) is 14.9. The van der Waals surface area contributed by atoms with E-state index in [-0.39, 0.29) is 23.5 Å². The van der Waals surface area contributed by atoms with Crippen LogP contribution in [0.15, 0.2) is 0 Å². The third-order valence-electron chi connectivity index (χ3n) is 3.40. The van der Waals surface area contributed by atoms with E-state index >= 15 is 0 Å². The Bertz CT molecular complexity index is 499. The number of amides is 1. The van der Waals surface area contributed by atoms with Crippen LogP contribution in [-0.2, 0) is 4.74 Å². The average molecular weight is 317 g/mol. The quantitative estimate of drug-likeness (QED) is 0.926. The van der Waals surface area contributed by atoms with Gasteiger partial charge in [0, 0.05) is 17.5 Å². The van der Waals surface area contributed by atoms with Gasteiger partial charge < -0.3 is 10.1 Å². The van der Waals surface area contributed by atoms with Gasteiger partial charge in [-0.15, -0.1) is 11.3 Å². The molecule has 2 rings (SSSR count). The average Bonchev–Trinajstić information content (AvgIpc) is 2.70. The van der Waals surface area contributed by atoms with E-state index in [1.807, 2.05) is 27.7 Å². The van der Waals surface area contributed by atoms with E-state index in [4.69, 9.17) is 16.3 Å². The Kier molecular flexibility index (Phi) is 4.72. The van der Waals surface area contributed by atoms with E-state index in [1.165, 1.54) is 11.3 Å². The molecule has 4 nitrogen and oxygen atoms in total. The predicted octanol–water partition coefficient (Wildman–Crippen LogP) is 3.61. The van der Waals surface area contributed by atoms with Gasteiger partial charge in [-0.25, -0.2) is 4.98 Å². The van der Waals surface area contributed by atoms with E-state index < -0.39 is 0 Å². The number of hydrogen-bond acceptors (Lipinski definition) is 4. The molecule has 0 radical (unpaired) electrons. The molecule has 2 heterocycles. The molecule has 1 saturated heterocycles. The van der Waals surface area contributed by atoms with Crippen LogP contribution in [0.1, 0.15) is 61.8 Å². The molecule has 1 aromatic rings. The molecule has 1 aliphatic heterocycles. The number of halogens is 1. The minimum Gasteiger partial charge on any atom is -0.375 e. The first kappa shape index (κ1) is 15.7. The summed E-state index contributed by atoms with van der Waals surface area (Å²) in [5.41, 5.74) is 0.288. The molecular formula is C14H21ClN2O2S. The van der Waals surface area contributed by atoms with Crippen molar-refractivity contribution in [1.29, 1.82) is 0 Å². The molecule has 20 heavy (non-hydrogen) atoms. The zero-order valence-corrected chi connectivity index (χ0v) is 13.9. The SMILES string of the molecule is CC(C)c1sc(Cl)nc1C(=O)N[C@H]1CCOC(C)(C)C1. The van der Waals surface area contributed by atoms with Gasteiger partial charge >= 0.3 is 0 Å². The van der Waals surface area contributed by atoms with Gasteiger partial charge in [-0.3, -0.25) is 4.79 Å². The third kappa shape index (κ3) is 3.71. The highest BCUT2D eigenvalue weighted by Gasteiger charge is 2.31. The van der Waals surface area contributed by atoms with Crippen LogP contribution in [0.4, 0.5) is 0 Å². The van der Waals surface area contributed by atoms with Crippen molar-refractivity contribution in [1.82, 2.24) is 10.3 Å². The number of nitrogens with one attached hydrogen (secondary N) is 1. The van der Waals surface area contributed by atoms with Crippen molar-refractivity contribution in [2.24, 2.45) is 0 Å². The maximum atomic E-state index is 12.4. The first-order chi connectivity index (χ1) is 9.28. The van der Waals surface area contributed by atoms with Crippen molar-refractivity contribution >= 4 is 28.8 Å². The summed E-state index contributed by atoms with van der Waals surface area (Å²) in [6.45, 7) is 8.85. The van der Waals surface area contributed by atoms with Gasteiger partial charge in [0.15, 0.2) is 4.47 Å². The number of rotatable bonds is 3. The number of aromatic nitrogens is 1. The van der Waals surface area contributed by atoms with Crippen molar-refractivity contribution in [3.05, 3.63) is 15.0 Å². The van der Waals surface area contributed by atoms with Gasteiger partial charge in [-0.05, 0) is 32.6 Å². The summed E-state index contributed by atoms with van der Waals surface area (Å²) in [6, 6.07) is 0.131. The molecule has 1 atom stereocenters. The minimum absolute atomic E-state index is 0.125. The fraction of sp³-hybridized carbons (Fsp3) is 0.714. The summed E-state index contributed by atoms with van der Waals surface area (Å²) in [7, 11) is 0. The van der Waals surface area contributed by atoms with E-state index in [9.17, 15) is 4.79 Å². The fourth-order valence-electron chi connectivity index (χ4n) is 2.47. The molecule has 112 valence electrons. The molecule has 1 fully saturated rings. The molecule has 1 aromatic heterocycles. The predicted molar refractivity (Wildman–Crippen MR) is 81.7 cm³/mol. The molecule has 0 saturated carbocycles. The molecule has 0 aliphatic carbocycles. The van der Waals surface area contributed by atoms with Gasteiger partial charge in [-0.2, -0.15) is 0 Å². The summed E-state index contributed by atoms with van der Waals surface area (Å²) in [5.74, 6) is 0.117. The number of nitrogens with zero attached hydrogens (tertiary/aromatic N) is 1. The topological polar surface area (TPSA) is 51.2 Å². The molecular weight excluding hydrogens is 296 g/mol. The van der Waals surface area contributed by atoms with Gasteiger partial charge in [0.05, 0.1) is 5.60 Å². The van der Waals surface area contributed by atoms with Crippen LogP contribution in [0.5, 0.6) is 0 Å². The lowest BCUT2D eigenvalue weighted by Gasteiger charge is -2.35. The largest absolute Gasteiger partial charge is 0.375 e.